The van der Waals surface area contributed by atoms with Gasteiger partial charge in [-0.3, -0.25) is 9.59 Å². The topological polar surface area (TPSA) is 130 Å². The van der Waals surface area contributed by atoms with E-state index in [-0.39, 0.29) is 10.5 Å². The number of carbonyl (C=O) groups excluding carboxylic acids is 2. The molecule has 3 atom stereocenters. The molecule has 0 aromatic heterocycles. The fraction of sp³-hybridized carbons (Fsp3) is 0.261. The zero-order valence-electron chi connectivity index (χ0n) is 18.5. The number of carboxylic acids is 1. The summed E-state index contributed by atoms with van der Waals surface area (Å²) in [4.78, 5) is 38.0. The Balaban J connectivity index is 1.81. The minimum absolute atomic E-state index is 0.00193. The van der Waals surface area contributed by atoms with E-state index < -0.39 is 50.7 Å². The van der Waals surface area contributed by atoms with Crippen molar-refractivity contribution in [3.8, 4) is 5.75 Å². The maximum absolute atomic E-state index is 13.0. The smallest absolute Gasteiger partial charge is 0.330 e. The van der Waals surface area contributed by atoms with Gasteiger partial charge in [0.1, 0.15) is 17.2 Å². The van der Waals surface area contributed by atoms with Crippen LogP contribution in [0.5, 0.6) is 5.75 Å². The number of aryl methyl sites for hydroxylation is 1. The van der Waals surface area contributed by atoms with Crippen molar-refractivity contribution in [2.75, 3.05) is 6.61 Å². The normalized spacial score (nSPS) is 18.5. The van der Waals surface area contributed by atoms with Gasteiger partial charge in [0, 0.05) is 10.8 Å². The van der Waals surface area contributed by atoms with Crippen LogP contribution in [-0.2, 0) is 23.3 Å². The van der Waals surface area contributed by atoms with E-state index in [2.05, 4.69) is 11.9 Å². The summed E-state index contributed by atoms with van der Waals surface area (Å²) >= 11 is 0. The number of β-lactam (4-membered cyclic amide) rings is 1. The molecule has 34 heavy (non-hydrogen) atoms. The van der Waals surface area contributed by atoms with Crippen LogP contribution in [0.1, 0.15) is 12.5 Å². The SMILES string of the molecule is C=C(C)C(C(=O)O)N1C(=O)C(NC(=O)COc2ccccc2)C1SS(=O)(=O)c1ccc(C)cc1. The summed E-state index contributed by atoms with van der Waals surface area (Å²) in [6, 6.07) is 12.0. The molecule has 1 aliphatic heterocycles. The highest BCUT2D eigenvalue weighted by atomic mass is 33.1. The van der Waals surface area contributed by atoms with Gasteiger partial charge in [0.15, 0.2) is 12.6 Å². The lowest BCUT2D eigenvalue weighted by atomic mass is 9.99. The first-order valence-electron chi connectivity index (χ1n) is 10.2. The van der Waals surface area contributed by atoms with E-state index in [0.717, 1.165) is 10.5 Å². The predicted octanol–water partition coefficient (Wildman–Crippen LogP) is 2.18. The molecule has 0 saturated carbocycles. The van der Waals surface area contributed by atoms with Gasteiger partial charge in [-0.15, -0.1) is 0 Å². The maximum atomic E-state index is 13.0. The number of rotatable bonds is 10. The molecule has 1 fully saturated rings. The fourth-order valence-electron chi connectivity index (χ4n) is 3.33. The lowest BCUT2D eigenvalue weighted by Gasteiger charge is -2.48. The largest absolute Gasteiger partial charge is 0.484 e. The summed E-state index contributed by atoms with van der Waals surface area (Å²) in [5.41, 5.74) is 1.01. The Morgan fingerprint density at radius 2 is 1.79 bits per heavy atom. The Morgan fingerprint density at radius 1 is 1.18 bits per heavy atom. The quantitative estimate of drug-likeness (QED) is 0.286. The number of ether oxygens (including phenoxy) is 1. The number of benzene rings is 2. The number of nitrogens with zero attached hydrogens (tertiary/aromatic N) is 1. The van der Waals surface area contributed by atoms with Crippen molar-refractivity contribution in [1.82, 2.24) is 10.2 Å². The van der Waals surface area contributed by atoms with Crippen LogP contribution in [0.25, 0.3) is 0 Å². The van der Waals surface area contributed by atoms with Gasteiger partial charge in [0.05, 0.1) is 4.90 Å². The predicted molar refractivity (Wildman–Crippen MR) is 127 cm³/mol. The van der Waals surface area contributed by atoms with Crippen LogP contribution < -0.4 is 10.1 Å². The van der Waals surface area contributed by atoms with Crippen molar-refractivity contribution < 1.29 is 32.6 Å². The van der Waals surface area contributed by atoms with Crippen molar-refractivity contribution >= 4 is 37.4 Å². The van der Waals surface area contributed by atoms with E-state index in [4.69, 9.17) is 4.74 Å². The third kappa shape index (κ3) is 5.60. The molecule has 2 N–H and O–H groups in total. The summed E-state index contributed by atoms with van der Waals surface area (Å²) in [5, 5.41) is 10.9. The van der Waals surface area contributed by atoms with Crippen LogP contribution in [0.4, 0.5) is 0 Å². The molecule has 0 radical (unpaired) electrons. The number of carbonyl (C=O) groups is 3. The first-order valence-corrected chi connectivity index (χ1v) is 13.1. The van der Waals surface area contributed by atoms with Gasteiger partial charge in [-0.2, -0.15) is 0 Å². The molecule has 1 heterocycles. The average Bonchev–Trinajstić information content (AvgIpc) is 2.79. The van der Waals surface area contributed by atoms with E-state index in [0.29, 0.717) is 16.5 Å². The molecule has 0 spiro atoms. The fourth-order valence-corrected chi connectivity index (χ4v) is 6.84. The Kier molecular flexibility index (Phi) is 7.68. The molecular weight excluding hydrogens is 480 g/mol. The number of hydrogen-bond donors (Lipinski definition) is 2. The van der Waals surface area contributed by atoms with Gasteiger partial charge in [-0.25, -0.2) is 13.2 Å². The standard InChI is InChI=1S/C23H24N2O7S2/c1-14(2)20(23(28)29)25-21(27)19(24-18(26)13-32-16-7-5-4-6-8-16)22(25)33-34(30,31)17-11-9-15(3)10-12-17/h4-12,19-20,22H,1,13H2,2-3H3,(H,24,26)(H,28,29). The lowest BCUT2D eigenvalue weighted by Crippen LogP contribution is -2.73. The second kappa shape index (κ2) is 10.3. The molecular formula is C23H24N2O7S2. The summed E-state index contributed by atoms with van der Waals surface area (Å²) in [6.45, 7) is 6.46. The zero-order valence-corrected chi connectivity index (χ0v) is 20.1. The Bertz CT molecular complexity index is 1180. The molecule has 180 valence electrons. The highest BCUT2D eigenvalue weighted by molar-refractivity contribution is 8.72. The van der Waals surface area contributed by atoms with Crippen molar-refractivity contribution in [2.24, 2.45) is 0 Å². The van der Waals surface area contributed by atoms with Crippen molar-refractivity contribution in [2.45, 2.75) is 36.2 Å². The number of amides is 2. The van der Waals surface area contributed by atoms with Crippen molar-refractivity contribution in [3.05, 3.63) is 72.3 Å². The van der Waals surface area contributed by atoms with Crippen molar-refractivity contribution in [3.63, 3.8) is 0 Å². The van der Waals surface area contributed by atoms with Crippen LogP contribution in [0, 0.1) is 6.92 Å². The second-order valence-electron chi connectivity index (χ2n) is 7.73. The average molecular weight is 505 g/mol. The molecule has 3 unspecified atom stereocenters. The number of aliphatic carboxylic acids is 1. The van der Waals surface area contributed by atoms with Crippen LogP contribution >= 0.6 is 10.8 Å². The van der Waals surface area contributed by atoms with Gasteiger partial charge < -0.3 is 20.1 Å². The summed E-state index contributed by atoms with van der Waals surface area (Å²) in [6.07, 6.45) is 0. The number of nitrogens with one attached hydrogen (secondary N) is 1. The number of para-hydroxylation sites is 1. The van der Waals surface area contributed by atoms with E-state index in [1.807, 2.05) is 6.92 Å². The van der Waals surface area contributed by atoms with Gasteiger partial charge in [0.2, 0.25) is 14.8 Å². The molecule has 2 aromatic carbocycles. The lowest BCUT2D eigenvalue weighted by molar-refractivity contribution is -0.159. The molecule has 2 amide bonds. The summed E-state index contributed by atoms with van der Waals surface area (Å²) in [7, 11) is -3.58. The van der Waals surface area contributed by atoms with Crippen LogP contribution in [0.15, 0.2) is 71.6 Å². The maximum Gasteiger partial charge on any atom is 0.330 e. The van der Waals surface area contributed by atoms with Gasteiger partial charge >= 0.3 is 5.97 Å². The first kappa shape index (κ1) is 25.3. The van der Waals surface area contributed by atoms with E-state index in [1.54, 1.807) is 42.5 Å². The molecule has 0 aliphatic carbocycles. The molecule has 3 rings (SSSR count). The minimum atomic E-state index is -3.98. The number of likely N-dealkylation sites (tertiary alicyclic amines) is 1. The second-order valence-corrected chi connectivity index (χ2v) is 11.7. The number of carboxylic acid groups (broad SMARTS) is 1. The minimum Gasteiger partial charge on any atom is -0.484 e. The molecule has 2 aromatic rings. The van der Waals surface area contributed by atoms with E-state index >= 15 is 0 Å². The number of hydrogen-bond acceptors (Lipinski definition) is 7. The Morgan fingerprint density at radius 3 is 2.35 bits per heavy atom. The van der Waals surface area contributed by atoms with E-state index in [9.17, 15) is 27.9 Å². The Labute approximate surface area is 201 Å². The molecule has 1 aliphatic rings. The zero-order chi connectivity index (χ0) is 25.0. The third-order valence-electron chi connectivity index (χ3n) is 5.02. The molecule has 9 nitrogen and oxygen atoms in total. The van der Waals surface area contributed by atoms with Crippen LogP contribution in [0.2, 0.25) is 0 Å². The Hall–Kier alpha value is -3.31. The van der Waals surface area contributed by atoms with Gasteiger partial charge in [-0.1, -0.05) is 42.5 Å². The molecule has 1 saturated heterocycles. The van der Waals surface area contributed by atoms with E-state index in [1.165, 1.54) is 19.1 Å². The highest BCUT2D eigenvalue weighted by Crippen LogP contribution is 2.39. The third-order valence-corrected chi connectivity index (χ3v) is 8.75. The monoisotopic (exact) mass is 504 g/mol. The molecule has 11 heteroatoms. The van der Waals surface area contributed by atoms with Crippen LogP contribution in [-0.4, -0.2) is 60.3 Å². The van der Waals surface area contributed by atoms with Gasteiger partial charge in [0.25, 0.3) is 5.91 Å². The highest BCUT2D eigenvalue weighted by Gasteiger charge is 2.55. The first-order chi connectivity index (χ1) is 16.0. The summed E-state index contributed by atoms with van der Waals surface area (Å²) < 4.78 is 31.4. The van der Waals surface area contributed by atoms with Crippen LogP contribution in [0.3, 0.4) is 0 Å². The molecule has 0 bridgehead atoms. The van der Waals surface area contributed by atoms with Crippen molar-refractivity contribution in [1.29, 1.82) is 0 Å². The summed E-state index contributed by atoms with van der Waals surface area (Å²) in [5.74, 6) is -2.28. The van der Waals surface area contributed by atoms with Gasteiger partial charge in [-0.05, 0) is 43.7 Å².